The molecule has 2 aromatic rings. The summed E-state index contributed by atoms with van der Waals surface area (Å²) in [5, 5.41) is 1.09. The molecule has 0 bridgehead atoms. The molecule has 3 nitrogen and oxygen atoms in total. The first-order valence-electron chi connectivity index (χ1n) is 6.26. The zero-order chi connectivity index (χ0) is 12.5. The number of aromatic amines is 1. The standard InChI is InChI=1S/C15H16N2O/c1-11-5-8-17(9-6-11)15(18)13-2-3-14-12(10-13)4-7-16-14/h2-5,7,10,16H,6,8-9H2,1H3. The van der Waals surface area contributed by atoms with E-state index in [4.69, 9.17) is 0 Å². The lowest BCUT2D eigenvalue weighted by molar-refractivity contribution is 0.0769. The number of nitrogens with one attached hydrogen (secondary N) is 1. The van der Waals surface area contributed by atoms with Gasteiger partial charge in [0, 0.05) is 35.8 Å². The van der Waals surface area contributed by atoms with Crippen molar-refractivity contribution in [2.45, 2.75) is 13.3 Å². The van der Waals surface area contributed by atoms with Gasteiger partial charge in [-0.05, 0) is 37.6 Å². The molecule has 0 unspecified atom stereocenters. The number of fused-ring (bicyclic) bond motifs is 1. The number of hydrogen-bond acceptors (Lipinski definition) is 1. The van der Waals surface area contributed by atoms with Gasteiger partial charge >= 0.3 is 0 Å². The highest BCUT2D eigenvalue weighted by atomic mass is 16.2. The van der Waals surface area contributed by atoms with Gasteiger partial charge in [-0.2, -0.15) is 0 Å². The van der Waals surface area contributed by atoms with Crippen molar-refractivity contribution >= 4 is 16.8 Å². The van der Waals surface area contributed by atoms with Gasteiger partial charge in [0.1, 0.15) is 0 Å². The molecule has 0 aliphatic carbocycles. The maximum absolute atomic E-state index is 12.4. The topological polar surface area (TPSA) is 36.1 Å². The zero-order valence-electron chi connectivity index (χ0n) is 10.4. The summed E-state index contributed by atoms with van der Waals surface area (Å²) in [6, 6.07) is 7.81. The normalized spacial score (nSPS) is 15.8. The van der Waals surface area contributed by atoms with Gasteiger partial charge in [0.25, 0.3) is 5.91 Å². The van der Waals surface area contributed by atoms with Crippen molar-refractivity contribution in [2.24, 2.45) is 0 Å². The molecule has 1 aliphatic heterocycles. The molecular weight excluding hydrogens is 224 g/mol. The van der Waals surface area contributed by atoms with Crippen LogP contribution in [0.2, 0.25) is 0 Å². The van der Waals surface area contributed by atoms with E-state index in [2.05, 4.69) is 18.0 Å². The number of hydrogen-bond donors (Lipinski definition) is 1. The Hall–Kier alpha value is -2.03. The number of carbonyl (C=O) groups excluding carboxylic acids is 1. The molecule has 1 aliphatic rings. The second-order valence-electron chi connectivity index (χ2n) is 4.83. The molecule has 0 spiro atoms. The molecule has 3 heteroatoms. The number of benzene rings is 1. The van der Waals surface area contributed by atoms with Crippen LogP contribution in [0, 0.1) is 0 Å². The Balaban J connectivity index is 1.87. The average molecular weight is 240 g/mol. The van der Waals surface area contributed by atoms with Crippen LogP contribution in [-0.2, 0) is 0 Å². The van der Waals surface area contributed by atoms with E-state index in [1.807, 2.05) is 35.4 Å². The van der Waals surface area contributed by atoms with Crippen molar-refractivity contribution in [1.29, 1.82) is 0 Å². The first kappa shape index (κ1) is 11.1. The Labute approximate surface area is 106 Å². The van der Waals surface area contributed by atoms with Gasteiger partial charge in [-0.25, -0.2) is 0 Å². The van der Waals surface area contributed by atoms with E-state index in [-0.39, 0.29) is 5.91 Å². The smallest absolute Gasteiger partial charge is 0.254 e. The lowest BCUT2D eigenvalue weighted by atomic mass is 10.1. The third-order valence-corrected chi connectivity index (χ3v) is 3.52. The first-order chi connectivity index (χ1) is 8.74. The molecule has 1 aromatic carbocycles. The van der Waals surface area contributed by atoms with E-state index in [1.54, 1.807) is 0 Å². The summed E-state index contributed by atoms with van der Waals surface area (Å²) in [6.07, 6.45) is 5.01. The average Bonchev–Trinajstić information content (AvgIpc) is 2.86. The van der Waals surface area contributed by atoms with Crippen LogP contribution in [0.4, 0.5) is 0 Å². The Morgan fingerprint density at radius 1 is 1.33 bits per heavy atom. The van der Waals surface area contributed by atoms with E-state index in [0.29, 0.717) is 0 Å². The fourth-order valence-electron chi connectivity index (χ4n) is 2.32. The summed E-state index contributed by atoms with van der Waals surface area (Å²) >= 11 is 0. The fourth-order valence-corrected chi connectivity index (χ4v) is 2.32. The van der Waals surface area contributed by atoms with Crippen molar-refractivity contribution in [3.8, 4) is 0 Å². The van der Waals surface area contributed by atoms with Crippen LogP contribution < -0.4 is 0 Å². The first-order valence-corrected chi connectivity index (χ1v) is 6.26. The third-order valence-electron chi connectivity index (χ3n) is 3.52. The number of amides is 1. The highest BCUT2D eigenvalue weighted by Crippen LogP contribution is 2.17. The monoisotopic (exact) mass is 240 g/mol. The lowest BCUT2D eigenvalue weighted by Crippen LogP contribution is -2.34. The Morgan fingerprint density at radius 2 is 2.22 bits per heavy atom. The van der Waals surface area contributed by atoms with Gasteiger partial charge in [-0.3, -0.25) is 4.79 Å². The summed E-state index contributed by atoms with van der Waals surface area (Å²) in [7, 11) is 0. The molecule has 0 radical (unpaired) electrons. The fraction of sp³-hybridized carbons (Fsp3) is 0.267. The van der Waals surface area contributed by atoms with Crippen LogP contribution in [0.15, 0.2) is 42.1 Å². The van der Waals surface area contributed by atoms with Crippen LogP contribution in [0.5, 0.6) is 0 Å². The lowest BCUT2D eigenvalue weighted by Gasteiger charge is -2.25. The predicted molar refractivity (Wildman–Crippen MR) is 72.6 cm³/mol. The molecule has 0 saturated carbocycles. The quantitative estimate of drug-likeness (QED) is 0.764. The largest absolute Gasteiger partial charge is 0.361 e. The van der Waals surface area contributed by atoms with Gasteiger partial charge in [0.05, 0.1) is 0 Å². The van der Waals surface area contributed by atoms with Gasteiger partial charge in [-0.15, -0.1) is 0 Å². The van der Waals surface area contributed by atoms with Crippen molar-refractivity contribution < 1.29 is 4.79 Å². The van der Waals surface area contributed by atoms with E-state index in [9.17, 15) is 4.79 Å². The Bertz CT molecular complexity index is 624. The minimum absolute atomic E-state index is 0.127. The van der Waals surface area contributed by atoms with Crippen LogP contribution in [0.3, 0.4) is 0 Å². The van der Waals surface area contributed by atoms with Crippen LogP contribution in [0.25, 0.3) is 10.9 Å². The third kappa shape index (κ3) is 1.92. The molecule has 2 heterocycles. The maximum atomic E-state index is 12.4. The van der Waals surface area contributed by atoms with Crippen LogP contribution >= 0.6 is 0 Å². The predicted octanol–water partition coefficient (Wildman–Crippen LogP) is 2.96. The number of carbonyl (C=O) groups is 1. The van der Waals surface area contributed by atoms with E-state index < -0.39 is 0 Å². The number of H-pyrrole nitrogens is 1. The summed E-state index contributed by atoms with van der Waals surface area (Å²) in [5.74, 6) is 0.127. The highest BCUT2D eigenvalue weighted by molar-refractivity contribution is 5.98. The van der Waals surface area contributed by atoms with Gasteiger partial charge in [-0.1, -0.05) is 11.6 Å². The maximum Gasteiger partial charge on any atom is 0.254 e. The summed E-state index contributed by atoms with van der Waals surface area (Å²) < 4.78 is 0. The van der Waals surface area contributed by atoms with Crippen LogP contribution in [0.1, 0.15) is 23.7 Å². The summed E-state index contributed by atoms with van der Waals surface area (Å²) in [6.45, 7) is 3.68. The van der Waals surface area contributed by atoms with Gasteiger partial charge in [0.15, 0.2) is 0 Å². The molecule has 1 aromatic heterocycles. The zero-order valence-corrected chi connectivity index (χ0v) is 10.4. The minimum Gasteiger partial charge on any atom is -0.361 e. The molecule has 1 amide bonds. The van der Waals surface area contributed by atoms with Crippen molar-refractivity contribution in [3.63, 3.8) is 0 Å². The number of nitrogens with zero attached hydrogens (tertiary/aromatic N) is 1. The minimum atomic E-state index is 0.127. The molecule has 3 rings (SSSR count). The molecule has 0 fully saturated rings. The number of rotatable bonds is 1. The van der Waals surface area contributed by atoms with Crippen LogP contribution in [-0.4, -0.2) is 28.9 Å². The SMILES string of the molecule is CC1=CCN(C(=O)c2ccc3[nH]ccc3c2)CC1. The molecule has 0 atom stereocenters. The van der Waals surface area contributed by atoms with Crippen molar-refractivity contribution in [3.05, 3.63) is 47.7 Å². The van der Waals surface area contributed by atoms with E-state index >= 15 is 0 Å². The van der Waals surface area contributed by atoms with E-state index in [0.717, 1.165) is 36.0 Å². The molecule has 0 saturated heterocycles. The Morgan fingerprint density at radius 3 is 3.00 bits per heavy atom. The molecular formula is C15H16N2O. The second kappa shape index (κ2) is 4.33. The van der Waals surface area contributed by atoms with E-state index in [1.165, 1.54) is 5.57 Å². The van der Waals surface area contributed by atoms with Crippen molar-refractivity contribution in [1.82, 2.24) is 9.88 Å². The second-order valence-corrected chi connectivity index (χ2v) is 4.83. The van der Waals surface area contributed by atoms with Crippen molar-refractivity contribution in [2.75, 3.05) is 13.1 Å². The molecule has 1 N–H and O–H groups in total. The van der Waals surface area contributed by atoms with Gasteiger partial charge in [0.2, 0.25) is 0 Å². The number of aromatic nitrogens is 1. The summed E-state index contributed by atoms with van der Waals surface area (Å²) in [4.78, 5) is 17.4. The summed E-state index contributed by atoms with van der Waals surface area (Å²) in [5.41, 5.74) is 3.22. The highest BCUT2D eigenvalue weighted by Gasteiger charge is 2.17. The molecule has 18 heavy (non-hydrogen) atoms. The molecule has 92 valence electrons. The Kier molecular flexibility index (Phi) is 2.67. The van der Waals surface area contributed by atoms with Gasteiger partial charge < -0.3 is 9.88 Å².